The van der Waals surface area contributed by atoms with Crippen LogP contribution in [0, 0.1) is 5.82 Å². The van der Waals surface area contributed by atoms with Crippen molar-refractivity contribution in [3.8, 4) is 5.69 Å². The number of alkyl carbamates (subject to hydrolysis) is 1. The van der Waals surface area contributed by atoms with Crippen molar-refractivity contribution < 1.29 is 31.9 Å². The Balaban J connectivity index is 2.09. The number of halogens is 4. The Morgan fingerprint density at radius 2 is 1.66 bits per heavy atom. The fourth-order valence-electron chi connectivity index (χ4n) is 2.19. The van der Waals surface area contributed by atoms with E-state index in [1.54, 1.807) is 20.8 Å². The second-order valence-electron chi connectivity index (χ2n) is 6.86. The van der Waals surface area contributed by atoms with Crippen molar-refractivity contribution >= 4 is 12.0 Å². The molecule has 2 rings (SSSR count). The Morgan fingerprint density at radius 3 is 2.21 bits per heavy atom. The standard InChI is InChI=1S/C17H19F4N5O3/c1-16(2,3)29-15(28)23-9-8-22-14(27)12-13(17(19,20)21)26(25-24-12)11-6-4-10(18)5-7-11/h4-7H,8-9H2,1-3H3,(H,22,27)(H,23,28). The number of hydrogen-bond donors (Lipinski definition) is 2. The Bertz CT molecular complexity index is 873. The molecule has 0 aliphatic carbocycles. The molecule has 0 radical (unpaired) electrons. The monoisotopic (exact) mass is 417 g/mol. The van der Waals surface area contributed by atoms with E-state index in [2.05, 4.69) is 20.9 Å². The van der Waals surface area contributed by atoms with Crippen LogP contribution >= 0.6 is 0 Å². The van der Waals surface area contributed by atoms with Crippen LogP contribution in [0.4, 0.5) is 22.4 Å². The lowest BCUT2D eigenvalue weighted by Gasteiger charge is -2.19. The fourth-order valence-corrected chi connectivity index (χ4v) is 2.19. The van der Waals surface area contributed by atoms with Crippen LogP contribution < -0.4 is 10.6 Å². The van der Waals surface area contributed by atoms with Crippen LogP contribution in [-0.2, 0) is 10.9 Å². The molecule has 0 saturated carbocycles. The number of nitrogens with zero attached hydrogens (tertiary/aromatic N) is 3. The number of rotatable bonds is 5. The van der Waals surface area contributed by atoms with Gasteiger partial charge in [-0.25, -0.2) is 13.9 Å². The molecule has 0 atom stereocenters. The molecule has 1 aromatic heterocycles. The van der Waals surface area contributed by atoms with Gasteiger partial charge >= 0.3 is 12.3 Å². The second kappa shape index (κ2) is 8.45. The van der Waals surface area contributed by atoms with Crippen molar-refractivity contribution in [2.75, 3.05) is 13.1 Å². The Hall–Kier alpha value is -3.18. The van der Waals surface area contributed by atoms with Crippen molar-refractivity contribution in [2.24, 2.45) is 0 Å². The first kappa shape index (κ1) is 22.1. The average molecular weight is 417 g/mol. The Morgan fingerprint density at radius 1 is 1.07 bits per heavy atom. The lowest BCUT2D eigenvalue weighted by atomic mass is 10.2. The predicted octanol–water partition coefficient (Wildman–Crippen LogP) is 2.68. The topological polar surface area (TPSA) is 98.1 Å². The van der Waals surface area contributed by atoms with Gasteiger partial charge in [0.1, 0.15) is 11.4 Å². The summed E-state index contributed by atoms with van der Waals surface area (Å²) in [6.45, 7) is 4.75. The van der Waals surface area contributed by atoms with Crippen LogP contribution in [0.5, 0.6) is 0 Å². The summed E-state index contributed by atoms with van der Waals surface area (Å²) in [4.78, 5) is 23.6. The van der Waals surface area contributed by atoms with Gasteiger partial charge in [0.05, 0.1) is 5.69 Å². The molecule has 2 N–H and O–H groups in total. The molecule has 0 aliphatic rings. The maximum Gasteiger partial charge on any atom is 0.435 e. The number of benzene rings is 1. The first-order chi connectivity index (χ1) is 13.4. The van der Waals surface area contributed by atoms with Crippen molar-refractivity contribution in [3.05, 3.63) is 41.5 Å². The van der Waals surface area contributed by atoms with Crippen LogP contribution in [0.1, 0.15) is 37.0 Å². The van der Waals surface area contributed by atoms with Crippen molar-refractivity contribution in [3.63, 3.8) is 0 Å². The first-order valence-corrected chi connectivity index (χ1v) is 8.42. The molecule has 2 aromatic rings. The van der Waals surface area contributed by atoms with Gasteiger partial charge in [-0.1, -0.05) is 5.21 Å². The third kappa shape index (κ3) is 6.16. The smallest absolute Gasteiger partial charge is 0.435 e. The van der Waals surface area contributed by atoms with Crippen LogP contribution in [0.3, 0.4) is 0 Å². The molecule has 12 heteroatoms. The van der Waals surface area contributed by atoms with Gasteiger partial charge in [0.15, 0.2) is 11.4 Å². The summed E-state index contributed by atoms with van der Waals surface area (Å²) in [6, 6.07) is 4.07. The van der Waals surface area contributed by atoms with Crippen LogP contribution in [0.15, 0.2) is 24.3 Å². The zero-order chi connectivity index (χ0) is 21.8. The lowest BCUT2D eigenvalue weighted by molar-refractivity contribution is -0.143. The van der Waals surface area contributed by atoms with Crippen LogP contribution in [-0.4, -0.2) is 45.7 Å². The van der Waals surface area contributed by atoms with Gasteiger partial charge < -0.3 is 15.4 Å². The minimum atomic E-state index is -4.95. The molecule has 8 nitrogen and oxygen atoms in total. The van der Waals surface area contributed by atoms with Gasteiger partial charge in [0, 0.05) is 13.1 Å². The summed E-state index contributed by atoms with van der Waals surface area (Å²) in [5, 5.41) is 11.3. The quantitative estimate of drug-likeness (QED) is 0.576. The molecule has 1 heterocycles. The van der Waals surface area contributed by atoms with Gasteiger partial charge in [-0.3, -0.25) is 4.79 Å². The first-order valence-electron chi connectivity index (χ1n) is 8.42. The molecule has 0 saturated heterocycles. The largest absolute Gasteiger partial charge is 0.444 e. The number of aromatic nitrogens is 3. The highest BCUT2D eigenvalue weighted by molar-refractivity contribution is 5.93. The van der Waals surface area contributed by atoms with Crippen LogP contribution in [0.25, 0.3) is 5.69 Å². The summed E-state index contributed by atoms with van der Waals surface area (Å²) < 4.78 is 58.9. The molecule has 0 spiro atoms. The van der Waals surface area contributed by atoms with E-state index in [1.807, 2.05) is 0 Å². The maximum absolute atomic E-state index is 13.5. The number of ether oxygens (including phenoxy) is 1. The summed E-state index contributed by atoms with van der Waals surface area (Å²) in [7, 11) is 0. The summed E-state index contributed by atoms with van der Waals surface area (Å²) in [6.07, 6.45) is -5.68. The maximum atomic E-state index is 13.5. The third-order valence-electron chi connectivity index (χ3n) is 3.30. The Labute approximate surface area is 163 Å². The lowest BCUT2D eigenvalue weighted by Crippen LogP contribution is -2.38. The number of amides is 2. The van der Waals surface area contributed by atoms with E-state index in [-0.39, 0.29) is 18.8 Å². The fraction of sp³-hybridized carbons (Fsp3) is 0.412. The van der Waals surface area contributed by atoms with Gasteiger partial charge in [0.2, 0.25) is 0 Å². The van der Waals surface area contributed by atoms with Gasteiger partial charge in [-0.15, -0.1) is 5.10 Å². The minimum absolute atomic E-state index is 0.0753. The molecule has 0 aliphatic heterocycles. The van der Waals surface area contributed by atoms with E-state index in [0.29, 0.717) is 4.68 Å². The highest BCUT2D eigenvalue weighted by atomic mass is 19.4. The molecular weight excluding hydrogens is 398 g/mol. The molecule has 0 fully saturated rings. The van der Waals surface area contributed by atoms with Crippen molar-refractivity contribution in [1.29, 1.82) is 0 Å². The van der Waals surface area contributed by atoms with Crippen LogP contribution in [0.2, 0.25) is 0 Å². The number of carbonyl (C=O) groups is 2. The van der Waals surface area contributed by atoms with Gasteiger partial charge in [-0.2, -0.15) is 13.2 Å². The van der Waals surface area contributed by atoms with Crippen molar-refractivity contribution in [1.82, 2.24) is 25.6 Å². The van der Waals surface area contributed by atoms with E-state index in [4.69, 9.17) is 4.74 Å². The van der Waals surface area contributed by atoms with Gasteiger partial charge in [0.25, 0.3) is 5.91 Å². The number of hydrogen-bond acceptors (Lipinski definition) is 5. The molecular formula is C17H19F4N5O3. The molecule has 0 bridgehead atoms. The summed E-state index contributed by atoms with van der Waals surface area (Å²) in [5.41, 5.74) is -3.17. The van der Waals surface area contributed by atoms with E-state index in [0.717, 1.165) is 24.3 Å². The van der Waals surface area contributed by atoms with Gasteiger partial charge in [-0.05, 0) is 45.0 Å². The third-order valence-corrected chi connectivity index (χ3v) is 3.30. The molecule has 1 aromatic carbocycles. The molecule has 2 amide bonds. The summed E-state index contributed by atoms with van der Waals surface area (Å²) in [5.74, 6) is -1.77. The molecule has 158 valence electrons. The number of alkyl halides is 3. The highest BCUT2D eigenvalue weighted by Crippen LogP contribution is 2.32. The molecule has 29 heavy (non-hydrogen) atoms. The van der Waals surface area contributed by atoms with E-state index in [1.165, 1.54) is 0 Å². The Kier molecular flexibility index (Phi) is 6.44. The zero-order valence-electron chi connectivity index (χ0n) is 15.8. The SMILES string of the molecule is CC(C)(C)OC(=O)NCCNC(=O)c1nnn(-c2ccc(F)cc2)c1C(F)(F)F. The zero-order valence-corrected chi connectivity index (χ0v) is 15.8. The van der Waals surface area contributed by atoms with E-state index in [9.17, 15) is 27.2 Å². The highest BCUT2D eigenvalue weighted by Gasteiger charge is 2.42. The van der Waals surface area contributed by atoms with E-state index >= 15 is 0 Å². The van der Waals surface area contributed by atoms with E-state index < -0.39 is 41.0 Å². The number of nitrogens with one attached hydrogen (secondary N) is 2. The molecule has 0 unspecified atom stereocenters. The summed E-state index contributed by atoms with van der Waals surface area (Å²) >= 11 is 0. The predicted molar refractivity (Wildman–Crippen MR) is 92.9 cm³/mol. The number of carbonyl (C=O) groups excluding carboxylic acids is 2. The van der Waals surface area contributed by atoms with Crippen molar-refractivity contribution in [2.45, 2.75) is 32.5 Å². The average Bonchev–Trinajstić information content (AvgIpc) is 3.03. The normalized spacial score (nSPS) is 11.8. The minimum Gasteiger partial charge on any atom is -0.444 e. The second-order valence-corrected chi connectivity index (χ2v) is 6.86.